The summed E-state index contributed by atoms with van der Waals surface area (Å²) in [5.41, 5.74) is 5.46. The molecule has 98 valence electrons. The normalized spacial score (nSPS) is 19.9. The number of nitrogen functional groups attached to an aromatic ring is 1. The predicted molar refractivity (Wildman–Crippen MR) is 67.9 cm³/mol. The summed E-state index contributed by atoms with van der Waals surface area (Å²) in [5.74, 6) is -0.825. The summed E-state index contributed by atoms with van der Waals surface area (Å²) in [6, 6.07) is 3.65. The summed E-state index contributed by atoms with van der Waals surface area (Å²) >= 11 is 0. The van der Waals surface area contributed by atoms with Gasteiger partial charge in [-0.1, -0.05) is 18.2 Å². The third-order valence-corrected chi connectivity index (χ3v) is 4.47. The summed E-state index contributed by atoms with van der Waals surface area (Å²) in [5, 5.41) is 0. The van der Waals surface area contributed by atoms with Crippen molar-refractivity contribution in [1.82, 2.24) is 4.72 Å². The van der Waals surface area contributed by atoms with Crippen LogP contribution in [0.2, 0.25) is 0 Å². The molecule has 0 radical (unpaired) electrons. The van der Waals surface area contributed by atoms with E-state index in [0.717, 1.165) is 12.5 Å². The first-order valence-corrected chi connectivity index (χ1v) is 7.20. The van der Waals surface area contributed by atoms with Crippen LogP contribution in [0.4, 0.5) is 10.1 Å². The molecule has 2 rings (SSSR count). The summed E-state index contributed by atoms with van der Waals surface area (Å²) in [6.45, 7) is 0. The standard InChI is InChI=1S/C12H15FN2O2S/c13-10-7-4-8-11(14)12(10)18(16,17)15-9-5-2-1-3-6-9/h1-2,4,7-9,15H,3,5-6,14H2. The number of sulfonamides is 1. The van der Waals surface area contributed by atoms with E-state index in [1.54, 1.807) is 0 Å². The minimum absolute atomic E-state index is 0.0751. The fourth-order valence-electron chi connectivity index (χ4n) is 1.99. The van der Waals surface area contributed by atoms with E-state index in [9.17, 15) is 12.8 Å². The molecule has 0 spiro atoms. The molecule has 0 fully saturated rings. The van der Waals surface area contributed by atoms with E-state index in [2.05, 4.69) is 4.72 Å². The highest BCUT2D eigenvalue weighted by Gasteiger charge is 2.25. The Balaban J connectivity index is 2.28. The van der Waals surface area contributed by atoms with Gasteiger partial charge in [0.05, 0.1) is 5.69 Å². The highest BCUT2D eigenvalue weighted by atomic mass is 32.2. The molecule has 18 heavy (non-hydrogen) atoms. The largest absolute Gasteiger partial charge is 0.398 e. The lowest BCUT2D eigenvalue weighted by Crippen LogP contribution is -2.36. The van der Waals surface area contributed by atoms with Crippen LogP contribution in [0.5, 0.6) is 0 Å². The fourth-order valence-corrected chi connectivity index (χ4v) is 3.46. The summed E-state index contributed by atoms with van der Waals surface area (Å²) < 4.78 is 40.3. The van der Waals surface area contributed by atoms with Gasteiger partial charge in [0.2, 0.25) is 10.0 Å². The van der Waals surface area contributed by atoms with E-state index >= 15 is 0 Å². The molecule has 1 unspecified atom stereocenters. The molecular formula is C12H15FN2O2S. The van der Waals surface area contributed by atoms with E-state index in [4.69, 9.17) is 5.73 Å². The maximum absolute atomic E-state index is 13.6. The van der Waals surface area contributed by atoms with Crippen molar-refractivity contribution >= 4 is 15.7 Å². The Labute approximate surface area is 106 Å². The van der Waals surface area contributed by atoms with Gasteiger partial charge >= 0.3 is 0 Å². The predicted octanol–water partition coefficient (Wildman–Crippen LogP) is 1.79. The quantitative estimate of drug-likeness (QED) is 0.649. The fraction of sp³-hybridized carbons (Fsp3) is 0.333. The molecule has 0 aromatic heterocycles. The molecular weight excluding hydrogens is 255 g/mol. The maximum atomic E-state index is 13.6. The third-order valence-electron chi connectivity index (χ3n) is 2.86. The van der Waals surface area contributed by atoms with Crippen LogP contribution in [0.3, 0.4) is 0 Å². The van der Waals surface area contributed by atoms with Gasteiger partial charge in [-0.25, -0.2) is 17.5 Å². The Hall–Kier alpha value is -1.40. The molecule has 0 aliphatic heterocycles. The van der Waals surface area contributed by atoms with Gasteiger partial charge in [-0.3, -0.25) is 0 Å². The molecule has 4 nitrogen and oxygen atoms in total. The van der Waals surface area contributed by atoms with Gasteiger partial charge in [0.25, 0.3) is 0 Å². The lowest BCUT2D eigenvalue weighted by Gasteiger charge is -2.20. The molecule has 1 aliphatic rings. The average Bonchev–Trinajstić information content (AvgIpc) is 2.28. The van der Waals surface area contributed by atoms with Crippen LogP contribution in [0.1, 0.15) is 19.3 Å². The number of hydrogen-bond donors (Lipinski definition) is 2. The van der Waals surface area contributed by atoms with Crippen molar-refractivity contribution < 1.29 is 12.8 Å². The van der Waals surface area contributed by atoms with Gasteiger partial charge in [0.1, 0.15) is 10.7 Å². The van der Waals surface area contributed by atoms with Gasteiger partial charge in [-0.05, 0) is 31.4 Å². The lowest BCUT2D eigenvalue weighted by molar-refractivity contribution is 0.515. The zero-order valence-corrected chi connectivity index (χ0v) is 10.6. The van der Waals surface area contributed by atoms with Crippen LogP contribution in [0, 0.1) is 5.82 Å². The minimum atomic E-state index is -3.91. The molecule has 0 saturated carbocycles. The van der Waals surface area contributed by atoms with Gasteiger partial charge in [0.15, 0.2) is 0 Å². The molecule has 3 N–H and O–H groups in total. The smallest absolute Gasteiger partial charge is 0.245 e. The molecule has 0 saturated heterocycles. The highest BCUT2D eigenvalue weighted by molar-refractivity contribution is 7.89. The first-order chi connectivity index (χ1) is 8.50. The Bertz CT molecular complexity index is 549. The number of halogens is 1. The topological polar surface area (TPSA) is 72.2 Å². The first kappa shape index (κ1) is 13.0. The van der Waals surface area contributed by atoms with E-state index in [0.29, 0.717) is 12.8 Å². The molecule has 1 aliphatic carbocycles. The number of allylic oxidation sites excluding steroid dienone is 1. The monoisotopic (exact) mass is 270 g/mol. The number of rotatable bonds is 3. The van der Waals surface area contributed by atoms with Crippen molar-refractivity contribution in [2.45, 2.75) is 30.2 Å². The van der Waals surface area contributed by atoms with Crippen LogP contribution in [-0.2, 0) is 10.0 Å². The second-order valence-electron chi connectivity index (χ2n) is 4.26. The molecule has 1 aromatic carbocycles. The van der Waals surface area contributed by atoms with Crippen LogP contribution >= 0.6 is 0 Å². The molecule has 0 amide bonds. The second kappa shape index (κ2) is 5.07. The molecule has 1 aromatic rings. The van der Waals surface area contributed by atoms with Gasteiger partial charge in [-0.15, -0.1) is 0 Å². The van der Waals surface area contributed by atoms with E-state index in [1.165, 1.54) is 12.1 Å². The van der Waals surface area contributed by atoms with E-state index < -0.39 is 20.7 Å². The van der Waals surface area contributed by atoms with Crippen molar-refractivity contribution in [3.05, 3.63) is 36.2 Å². The summed E-state index contributed by atoms with van der Waals surface area (Å²) in [4.78, 5) is -0.459. The SMILES string of the molecule is Nc1cccc(F)c1S(=O)(=O)NC1CC=CCC1. The van der Waals surface area contributed by atoms with Crippen molar-refractivity contribution in [2.75, 3.05) is 5.73 Å². The molecule has 6 heteroatoms. The summed E-state index contributed by atoms with van der Waals surface area (Å²) in [6.07, 6.45) is 6.07. The molecule has 1 atom stereocenters. The highest BCUT2D eigenvalue weighted by Crippen LogP contribution is 2.23. The number of hydrogen-bond acceptors (Lipinski definition) is 3. The number of nitrogens with two attached hydrogens (primary N) is 1. The Kier molecular flexibility index (Phi) is 3.68. The number of anilines is 1. The van der Waals surface area contributed by atoms with Crippen molar-refractivity contribution in [1.29, 1.82) is 0 Å². The van der Waals surface area contributed by atoms with Crippen LogP contribution in [0.25, 0.3) is 0 Å². The molecule has 0 heterocycles. The van der Waals surface area contributed by atoms with Gasteiger partial charge in [0, 0.05) is 6.04 Å². The Morgan fingerprint density at radius 2 is 2.11 bits per heavy atom. The maximum Gasteiger partial charge on any atom is 0.245 e. The molecule has 0 bridgehead atoms. The minimum Gasteiger partial charge on any atom is -0.398 e. The zero-order valence-electron chi connectivity index (χ0n) is 9.77. The van der Waals surface area contributed by atoms with E-state index in [-0.39, 0.29) is 11.7 Å². The van der Waals surface area contributed by atoms with Crippen LogP contribution < -0.4 is 10.5 Å². The van der Waals surface area contributed by atoms with Crippen molar-refractivity contribution in [3.8, 4) is 0 Å². The average molecular weight is 270 g/mol. The second-order valence-corrected chi connectivity index (χ2v) is 5.91. The van der Waals surface area contributed by atoms with Crippen LogP contribution in [-0.4, -0.2) is 14.5 Å². The Morgan fingerprint density at radius 1 is 1.33 bits per heavy atom. The first-order valence-electron chi connectivity index (χ1n) is 5.72. The number of benzene rings is 1. The van der Waals surface area contributed by atoms with Crippen molar-refractivity contribution in [2.24, 2.45) is 0 Å². The van der Waals surface area contributed by atoms with E-state index in [1.807, 2.05) is 12.2 Å². The number of nitrogens with one attached hydrogen (secondary N) is 1. The zero-order chi connectivity index (χ0) is 13.2. The summed E-state index contributed by atoms with van der Waals surface area (Å²) in [7, 11) is -3.91. The third kappa shape index (κ3) is 2.70. The van der Waals surface area contributed by atoms with Gasteiger partial charge < -0.3 is 5.73 Å². The van der Waals surface area contributed by atoms with Gasteiger partial charge in [-0.2, -0.15) is 0 Å². The Morgan fingerprint density at radius 3 is 2.72 bits per heavy atom. The van der Waals surface area contributed by atoms with Crippen molar-refractivity contribution in [3.63, 3.8) is 0 Å². The lowest BCUT2D eigenvalue weighted by atomic mass is 10.0. The van der Waals surface area contributed by atoms with Crippen LogP contribution in [0.15, 0.2) is 35.2 Å².